The highest BCUT2D eigenvalue weighted by molar-refractivity contribution is 4.95. The molecule has 0 heterocycles. The van der Waals surface area contributed by atoms with Gasteiger partial charge in [0.15, 0.2) is 0 Å². The van der Waals surface area contributed by atoms with Crippen LogP contribution in [0.15, 0.2) is 0 Å². The van der Waals surface area contributed by atoms with Gasteiger partial charge in [0.1, 0.15) is 0 Å². The number of rotatable bonds is 8. The average Bonchev–Trinajstić information content (AvgIpc) is 2.28. The van der Waals surface area contributed by atoms with Crippen LogP contribution in [0.3, 0.4) is 0 Å². The van der Waals surface area contributed by atoms with Gasteiger partial charge in [0.05, 0.1) is 11.5 Å². The van der Waals surface area contributed by atoms with E-state index in [1.165, 1.54) is 25.7 Å². The Balaban J connectivity index is 4.15. The third kappa shape index (κ3) is 5.54. The molecule has 94 valence electrons. The molecule has 0 aromatic rings. The smallest absolute Gasteiger partial charge is 0.0686 e. The number of hydrogen-bond acceptors (Lipinski definition) is 1. The van der Waals surface area contributed by atoms with Crippen LogP contribution in [0.2, 0.25) is 0 Å². The quantitative estimate of drug-likeness (QED) is 0.557. The first-order valence-electron chi connectivity index (χ1n) is 6.92. The maximum Gasteiger partial charge on any atom is 0.0686 e. The molecular weight excluding hydrogens is 194 g/mol. The maximum absolute atomic E-state index is 9.18. The lowest BCUT2D eigenvalue weighted by atomic mass is 9.77. The third-order valence-electron chi connectivity index (χ3n) is 3.86. The van der Waals surface area contributed by atoms with Gasteiger partial charge in [-0.3, -0.25) is 0 Å². The van der Waals surface area contributed by atoms with Gasteiger partial charge in [-0.25, -0.2) is 0 Å². The van der Waals surface area contributed by atoms with Crippen LogP contribution >= 0.6 is 0 Å². The normalized spacial score (nSPS) is 18.5. The van der Waals surface area contributed by atoms with E-state index in [0.717, 1.165) is 18.8 Å². The SMILES string of the molecule is CCCC(CC)CC(C)CC(C)(C#N)CC. The summed E-state index contributed by atoms with van der Waals surface area (Å²) in [4.78, 5) is 0. The van der Waals surface area contributed by atoms with Gasteiger partial charge in [0, 0.05) is 0 Å². The monoisotopic (exact) mass is 223 g/mol. The van der Waals surface area contributed by atoms with Crippen molar-refractivity contribution in [2.45, 2.75) is 73.1 Å². The molecule has 0 N–H and O–H groups in total. The van der Waals surface area contributed by atoms with Crippen molar-refractivity contribution in [1.29, 1.82) is 5.26 Å². The summed E-state index contributed by atoms with van der Waals surface area (Å²) in [6, 6.07) is 2.48. The van der Waals surface area contributed by atoms with Crippen molar-refractivity contribution in [2.75, 3.05) is 0 Å². The topological polar surface area (TPSA) is 23.8 Å². The van der Waals surface area contributed by atoms with E-state index in [4.69, 9.17) is 0 Å². The molecule has 0 saturated heterocycles. The van der Waals surface area contributed by atoms with Gasteiger partial charge in [-0.15, -0.1) is 0 Å². The lowest BCUT2D eigenvalue weighted by Gasteiger charge is -2.26. The van der Waals surface area contributed by atoms with Crippen molar-refractivity contribution in [3.05, 3.63) is 0 Å². The van der Waals surface area contributed by atoms with Gasteiger partial charge < -0.3 is 0 Å². The summed E-state index contributed by atoms with van der Waals surface area (Å²) >= 11 is 0. The van der Waals surface area contributed by atoms with Crippen molar-refractivity contribution in [3.8, 4) is 6.07 Å². The fourth-order valence-electron chi connectivity index (χ4n) is 2.59. The van der Waals surface area contributed by atoms with Crippen LogP contribution in [0, 0.1) is 28.6 Å². The standard InChI is InChI=1S/C15H29N/c1-6-9-14(7-2)10-13(4)11-15(5,8-3)12-16/h13-14H,6-11H2,1-5H3. The minimum absolute atomic E-state index is 0.107. The highest BCUT2D eigenvalue weighted by Crippen LogP contribution is 2.33. The van der Waals surface area contributed by atoms with Gasteiger partial charge in [0.2, 0.25) is 0 Å². The fourth-order valence-corrected chi connectivity index (χ4v) is 2.59. The zero-order chi connectivity index (χ0) is 12.6. The minimum Gasteiger partial charge on any atom is -0.198 e. The highest BCUT2D eigenvalue weighted by Gasteiger charge is 2.25. The maximum atomic E-state index is 9.18. The predicted octanol–water partition coefficient (Wildman–Crippen LogP) is 5.17. The Labute approximate surface area is 102 Å². The zero-order valence-corrected chi connectivity index (χ0v) is 11.8. The van der Waals surface area contributed by atoms with Crippen molar-refractivity contribution in [1.82, 2.24) is 0 Å². The van der Waals surface area contributed by atoms with E-state index in [0.29, 0.717) is 5.92 Å². The van der Waals surface area contributed by atoms with Crippen LogP contribution in [-0.4, -0.2) is 0 Å². The summed E-state index contributed by atoms with van der Waals surface area (Å²) < 4.78 is 0. The van der Waals surface area contributed by atoms with Crippen LogP contribution in [-0.2, 0) is 0 Å². The molecule has 0 aromatic carbocycles. The van der Waals surface area contributed by atoms with Gasteiger partial charge in [0.25, 0.3) is 0 Å². The summed E-state index contributed by atoms with van der Waals surface area (Å²) in [6.07, 6.45) is 7.23. The molecule has 0 rings (SSSR count). The second-order valence-corrected chi connectivity index (χ2v) is 5.63. The molecular formula is C15H29N. The second kappa shape index (κ2) is 7.71. The number of hydrogen-bond donors (Lipinski definition) is 0. The van der Waals surface area contributed by atoms with E-state index < -0.39 is 0 Å². The summed E-state index contributed by atoms with van der Waals surface area (Å²) in [6.45, 7) is 11.1. The first-order chi connectivity index (χ1) is 7.51. The van der Waals surface area contributed by atoms with Crippen molar-refractivity contribution >= 4 is 0 Å². The Hall–Kier alpha value is -0.510. The Kier molecular flexibility index (Phi) is 7.47. The van der Waals surface area contributed by atoms with Crippen molar-refractivity contribution in [3.63, 3.8) is 0 Å². The molecule has 16 heavy (non-hydrogen) atoms. The fraction of sp³-hybridized carbons (Fsp3) is 0.933. The molecule has 0 fully saturated rings. The van der Waals surface area contributed by atoms with Crippen LogP contribution in [0.5, 0.6) is 0 Å². The van der Waals surface area contributed by atoms with Gasteiger partial charge in [-0.1, -0.05) is 47.0 Å². The predicted molar refractivity (Wildman–Crippen MR) is 71.1 cm³/mol. The molecule has 0 aliphatic rings. The minimum atomic E-state index is -0.107. The molecule has 0 saturated carbocycles. The lowest BCUT2D eigenvalue weighted by Crippen LogP contribution is -2.18. The lowest BCUT2D eigenvalue weighted by molar-refractivity contribution is 0.267. The largest absolute Gasteiger partial charge is 0.198 e. The van der Waals surface area contributed by atoms with Crippen LogP contribution in [0.1, 0.15) is 73.1 Å². The molecule has 0 radical (unpaired) electrons. The van der Waals surface area contributed by atoms with E-state index in [-0.39, 0.29) is 5.41 Å². The van der Waals surface area contributed by atoms with E-state index in [1.54, 1.807) is 0 Å². The Morgan fingerprint density at radius 3 is 2.25 bits per heavy atom. The molecule has 3 atom stereocenters. The van der Waals surface area contributed by atoms with E-state index >= 15 is 0 Å². The molecule has 0 aliphatic carbocycles. The number of nitrogens with zero attached hydrogens (tertiary/aromatic N) is 1. The molecule has 0 aliphatic heterocycles. The highest BCUT2D eigenvalue weighted by atomic mass is 14.4. The first kappa shape index (κ1) is 15.5. The van der Waals surface area contributed by atoms with Gasteiger partial charge in [-0.05, 0) is 38.0 Å². The van der Waals surface area contributed by atoms with E-state index in [9.17, 15) is 5.26 Å². The van der Waals surface area contributed by atoms with E-state index in [2.05, 4.69) is 40.7 Å². The summed E-state index contributed by atoms with van der Waals surface area (Å²) in [5, 5.41) is 9.18. The molecule has 1 nitrogen and oxygen atoms in total. The molecule has 1 heteroatoms. The molecule has 0 amide bonds. The summed E-state index contributed by atoms with van der Waals surface area (Å²) in [5.74, 6) is 1.54. The molecule has 3 unspecified atom stereocenters. The molecule has 0 spiro atoms. The summed E-state index contributed by atoms with van der Waals surface area (Å²) in [5.41, 5.74) is -0.107. The Morgan fingerprint density at radius 1 is 1.25 bits per heavy atom. The average molecular weight is 223 g/mol. The first-order valence-corrected chi connectivity index (χ1v) is 6.92. The van der Waals surface area contributed by atoms with Gasteiger partial charge in [-0.2, -0.15) is 5.26 Å². The molecule has 0 bridgehead atoms. The van der Waals surface area contributed by atoms with Crippen molar-refractivity contribution < 1.29 is 0 Å². The van der Waals surface area contributed by atoms with E-state index in [1.807, 2.05) is 0 Å². The zero-order valence-electron chi connectivity index (χ0n) is 11.8. The van der Waals surface area contributed by atoms with Crippen LogP contribution < -0.4 is 0 Å². The third-order valence-corrected chi connectivity index (χ3v) is 3.86. The van der Waals surface area contributed by atoms with Crippen molar-refractivity contribution in [2.24, 2.45) is 17.3 Å². The Bertz CT molecular complexity index is 216. The Morgan fingerprint density at radius 2 is 1.88 bits per heavy atom. The summed E-state index contributed by atoms with van der Waals surface area (Å²) in [7, 11) is 0. The van der Waals surface area contributed by atoms with Crippen LogP contribution in [0.4, 0.5) is 0 Å². The van der Waals surface area contributed by atoms with Crippen LogP contribution in [0.25, 0.3) is 0 Å². The molecule has 0 aromatic heterocycles. The van der Waals surface area contributed by atoms with Gasteiger partial charge >= 0.3 is 0 Å². The second-order valence-electron chi connectivity index (χ2n) is 5.63. The number of nitriles is 1.